The minimum absolute atomic E-state index is 0.00927. The first-order chi connectivity index (χ1) is 12.5. The average Bonchev–Trinajstić information content (AvgIpc) is 3.17. The number of rotatable bonds is 7. The van der Waals surface area contributed by atoms with Gasteiger partial charge in [0.2, 0.25) is 10.0 Å². The Labute approximate surface area is 155 Å². The zero-order valence-corrected chi connectivity index (χ0v) is 15.5. The number of benzene rings is 1. The second kappa shape index (κ2) is 8.23. The second-order valence-electron chi connectivity index (χ2n) is 5.78. The predicted molar refractivity (Wildman–Crippen MR) is 97.7 cm³/mol. The van der Waals surface area contributed by atoms with Crippen molar-refractivity contribution in [3.8, 4) is 0 Å². The highest BCUT2D eigenvalue weighted by Gasteiger charge is 2.26. The van der Waals surface area contributed by atoms with Crippen molar-refractivity contribution >= 4 is 27.0 Å². The molecule has 1 saturated heterocycles. The van der Waals surface area contributed by atoms with Crippen LogP contribution in [0.25, 0.3) is 0 Å². The van der Waals surface area contributed by atoms with Crippen LogP contribution in [-0.4, -0.2) is 51.1 Å². The van der Waals surface area contributed by atoms with Crippen LogP contribution in [0.2, 0.25) is 0 Å². The van der Waals surface area contributed by atoms with Crippen molar-refractivity contribution in [1.82, 2.24) is 9.62 Å². The largest absolute Gasteiger partial charge is 0.379 e. The third kappa shape index (κ3) is 4.46. The maximum atomic E-state index is 12.5. The van der Waals surface area contributed by atoms with Gasteiger partial charge in [0.15, 0.2) is 0 Å². The number of nitro benzene ring substituents is 1. The summed E-state index contributed by atoms with van der Waals surface area (Å²) in [6.07, 6.45) is 0. The lowest BCUT2D eigenvalue weighted by Gasteiger charge is -2.34. The molecule has 10 heteroatoms. The Kier molecular flexibility index (Phi) is 5.99. The number of hydrogen-bond donors (Lipinski definition) is 1. The Morgan fingerprint density at radius 3 is 2.50 bits per heavy atom. The molecule has 1 unspecified atom stereocenters. The number of hydrogen-bond acceptors (Lipinski definition) is 7. The Morgan fingerprint density at radius 1 is 1.23 bits per heavy atom. The molecule has 1 fully saturated rings. The fourth-order valence-corrected chi connectivity index (χ4v) is 4.70. The Balaban J connectivity index is 1.73. The highest BCUT2D eigenvalue weighted by atomic mass is 32.2. The number of morpholine rings is 1. The van der Waals surface area contributed by atoms with Gasteiger partial charge >= 0.3 is 0 Å². The van der Waals surface area contributed by atoms with E-state index < -0.39 is 14.9 Å². The fourth-order valence-electron chi connectivity index (χ4n) is 2.80. The van der Waals surface area contributed by atoms with E-state index in [1.165, 1.54) is 24.3 Å². The van der Waals surface area contributed by atoms with Crippen LogP contribution in [0, 0.1) is 10.1 Å². The molecule has 0 bridgehead atoms. The molecule has 1 aromatic heterocycles. The highest BCUT2D eigenvalue weighted by molar-refractivity contribution is 7.89. The smallest absolute Gasteiger partial charge is 0.269 e. The molecule has 2 heterocycles. The molecule has 0 aliphatic carbocycles. The van der Waals surface area contributed by atoms with Crippen molar-refractivity contribution in [2.75, 3.05) is 32.8 Å². The van der Waals surface area contributed by atoms with Gasteiger partial charge in [0.1, 0.15) is 0 Å². The van der Waals surface area contributed by atoms with Gasteiger partial charge < -0.3 is 4.74 Å². The standard InChI is InChI=1S/C16H19N3O5S2/c20-19(21)13-3-5-14(6-4-13)26(22,23)17-12-15(16-2-1-11-25-16)18-7-9-24-10-8-18/h1-6,11,15,17H,7-10,12H2. The quantitative estimate of drug-likeness (QED) is 0.566. The summed E-state index contributed by atoms with van der Waals surface area (Å²) in [5, 5.41) is 12.7. The first-order valence-electron chi connectivity index (χ1n) is 8.07. The summed E-state index contributed by atoms with van der Waals surface area (Å²) in [7, 11) is -3.75. The van der Waals surface area contributed by atoms with Crippen molar-refractivity contribution < 1.29 is 18.1 Å². The van der Waals surface area contributed by atoms with E-state index >= 15 is 0 Å². The number of thiophene rings is 1. The maximum absolute atomic E-state index is 12.5. The van der Waals surface area contributed by atoms with Crippen LogP contribution in [0.1, 0.15) is 10.9 Å². The van der Waals surface area contributed by atoms with Crippen molar-refractivity contribution in [2.45, 2.75) is 10.9 Å². The molecule has 0 spiro atoms. The fraction of sp³-hybridized carbons (Fsp3) is 0.375. The number of non-ortho nitro benzene ring substituents is 1. The molecule has 0 saturated carbocycles. The topological polar surface area (TPSA) is 102 Å². The molecule has 26 heavy (non-hydrogen) atoms. The molecule has 1 N–H and O–H groups in total. The van der Waals surface area contributed by atoms with E-state index in [2.05, 4.69) is 9.62 Å². The van der Waals surface area contributed by atoms with E-state index in [9.17, 15) is 18.5 Å². The maximum Gasteiger partial charge on any atom is 0.269 e. The van der Waals surface area contributed by atoms with Gasteiger partial charge in [-0.1, -0.05) is 6.07 Å². The summed E-state index contributed by atoms with van der Waals surface area (Å²) < 4.78 is 33.1. The van der Waals surface area contributed by atoms with E-state index in [0.717, 1.165) is 18.0 Å². The summed E-state index contributed by atoms with van der Waals surface area (Å²) in [5.41, 5.74) is -0.145. The Morgan fingerprint density at radius 2 is 1.92 bits per heavy atom. The molecule has 0 amide bonds. The summed E-state index contributed by atoms with van der Waals surface area (Å²) >= 11 is 1.58. The molecule has 1 aliphatic rings. The van der Waals surface area contributed by atoms with E-state index in [0.29, 0.717) is 13.2 Å². The van der Waals surface area contributed by atoms with Crippen LogP contribution < -0.4 is 4.72 Å². The minimum atomic E-state index is -3.75. The summed E-state index contributed by atoms with van der Waals surface area (Å²) in [5.74, 6) is 0. The molecule has 1 atom stereocenters. The first-order valence-corrected chi connectivity index (χ1v) is 10.4. The Hall–Kier alpha value is -1.85. The van der Waals surface area contributed by atoms with Crippen molar-refractivity contribution in [3.05, 3.63) is 56.8 Å². The van der Waals surface area contributed by atoms with Gasteiger partial charge in [-0.05, 0) is 23.6 Å². The van der Waals surface area contributed by atoms with Crippen molar-refractivity contribution in [1.29, 1.82) is 0 Å². The van der Waals surface area contributed by atoms with E-state index in [4.69, 9.17) is 4.74 Å². The van der Waals surface area contributed by atoms with Gasteiger partial charge in [0.25, 0.3) is 5.69 Å². The van der Waals surface area contributed by atoms with E-state index in [-0.39, 0.29) is 23.2 Å². The van der Waals surface area contributed by atoms with E-state index in [1.54, 1.807) is 11.3 Å². The van der Waals surface area contributed by atoms with E-state index in [1.807, 2.05) is 17.5 Å². The molecule has 140 valence electrons. The summed E-state index contributed by atoms with van der Waals surface area (Å²) in [4.78, 5) is 13.4. The molecule has 1 aromatic carbocycles. The Bertz CT molecular complexity index is 831. The van der Waals surface area contributed by atoms with Crippen molar-refractivity contribution in [3.63, 3.8) is 0 Å². The number of nitrogens with one attached hydrogen (secondary N) is 1. The van der Waals surface area contributed by atoms with Crippen LogP contribution in [0.4, 0.5) is 5.69 Å². The number of nitrogens with zero attached hydrogens (tertiary/aromatic N) is 2. The molecule has 3 rings (SSSR count). The lowest BCUT2D eigenvalue weighted by atomic mass is 10.2. The molecule has 0 radical (unpaired) electrons. The van der Waals surface area contributed by atoms with Gasteiger partial charge in [0, 0.05) is 36.6 Å². The normalized spacial score (nSPS) is 17.1. The van der Waals surface area contributed by atoms with Gasteiger partial charge in [-0.3, -0.25) is 15.0 Å². The van der Waals surface area contributed by atoms with Crippen LogP contribution >= 0.6 is 11.3 Å². The third-order valence-electron chi connectivity index (χ3n) is 4.18. The number of ether oxygens (including phenoxy) is 1. The molecule has 8 nitrogen and oxygen atoms in total. The number of nitro groups is 1. The highest BCUT2D eigenvalue weighted by Crippen LogP contribution is 2.26. The molecule has 1 aliphatic heterocycles. The van der Waals surface area contributed by atoms with Gasteiger partial charge in [-0.2, -0.15) is 0 Å². The van der Waals surface area contributed by atoms with Gasteiger partial charge in [-0.15, -0.1) is 11.3 Å². The first kappa shape index (κ1) is 18.9. The minimum Gasteiger partial charge on any atom is -0.379 e. The van der Waals surface area contributed by atoms with Crippen LogP contribution in [0.15, 0.2) is 46.7 Å². The van der Waals surface area contributed by atoms with Crippen LogP contribution in [0.3, 0.4) is 0 Å². The lowest BCUT2D eigenvalue weighted by Crippen LogP contribution is -2.43. The van der Waals surface area contributed by atoms with Crippen LogP contribution in [0.5, 0.6) is 0 Å². The zero-order valence-electron chi connectivity index (χ0n) is 13.9. The second-order valence-corrected chi connectivity index (χ2v) is 8.53. The monoisotopic (exact) mass is 397 g/mol. The van der Waals surface area contributed by atoms with Crippen molar-refractivity contribution in [2.24, 2.45) is 0 Å². The average molecular weight is 397 g/mol. The zero-order chi connectivity index (χ0) is 18.6. The molecule has 2 aromatic rings. The molecular formula is C16H19N3O5S2. The number of sulfonamides is 1. The predicted octanol–water partition coefficient (Wildman–Crippen LogP) is 2.01. The SMILES string of the molecule is O=[N+]([O-])c1ccc(S(=O)(=O)NCC(c2cccs2)N2CCOCC2)cc1. The summed E-state index contributed by atoms with van der Waals surface area (Å²) in [6.45, 7) is 2.94. The summed E-state index contributed by atoms with van der Waals surface area (Å²) in [6, 6.07) is 8.72. The van der Waals surface area contributed by atoms with Gasteiger partial charge in [-0.25, -0.2) is 13.1 Å². The molecular weight excluding hydrogens is 378 g/mol. The van der Waals surface area contributed by atoms with Gasteiger partial charge in [0.05, 0.1) is 29.1 Å². The lowest BCUT2D eigenvalue weighted by molar-refractivity contribution is -0.384. The van der Waals surface area contributed by atoms with Crippen LogP contribution in [-0.2, 0) is 14.8 Å². The third-order valence-corrected chi connectivity index (χ3v) is 6.60.